The van der Waals surface area contributed by atoms with Gasteiger partial charge in [-0.2, -0.15) is 5.26 Å². The lowest BCUT2D eigenvalue weighted by Gasteiger charge is -2.17. The first-order valence-corrected chi connectivity index (χ1v) is 15.9. The lowest BCUT2D eigenvalue weighted by Crippen LogP contribution is -2.19. The number of nitrogens with zero attached hydrogens (tertiary/aromatic N) is 1. The molecule has 1 aromatic heterocycles. The van der Waals surface area contributed by atoms with Crippen molar-refractivity contribution in [3.63, 3.8) is 0 Å². The van der Waals surface area contributed by atoms with E-state index in [4.69, 9.17) is 0 Å². The normalized spacial score (nSPS) is 11.4. The smallest absolute Gasteiger partial charge is 0.336 e. The quantitative estimate of drug-likeness (QED) is 0.136. The maximum atomic E-state index is 13.8. The number of thioether (sulfide) groups is 1. The van der Waals surface area contributed by atoms with Gasteiger partial charge < -0.3 is 15.7 Å². The van der Waals surface area contributed by atoms with Crippen molar-refractivity contribution >= 4 is 62.3 Å². The van der Waals surface area contributed by atoms with E-state index in [-0.39, 0.29) is 17.0 Å². The highest BCUT2D eigenvalue weighted by Gasteiger charge is 2.25. The van der Waals surface area contributed by atoms with Crippen LogP contribution in [0.5, 0.6) is 0 Å². The van der Waals surface area contributed by atoms with Crippen LogP contribution in [0.1, 0.15) is 37.1 Å². The third kappa shape index (κ3) is 6.40. The molecular formula is C37H25N3O4S2. The van der Waals surface area contributed by atoms with Gasteiger partial charge in [0, 0.05) is 32.5 Å². The first-order chi connectivity index (χ1) is 22.4. The Balaban J connectivity index is 1.26. The van der Waals surface area contributed by atoms with Crippen molar-refractivity contribution in [2.24, 2.45) is 0 Å². The molecule has 0 saturated heterocycles. The number of benzene rings is 5. The van der Waals surface area contributed by atoms with Gasteiger partial charge in [-0.1, -0.05) is 91.0 Å². The van der Waals surface area contributed by atoms with Crippen LogP contribution in [0.25, 0.3) is 21.9 Å². The second-order valence-electron chi connectivity index (χ2n) is 10.2. The molecule has 0 spiro atoms. The Hall–Kier alpha value is -5.69. The molecule has 46 heavy (non-hydrogen) atoms. The third-order valence-electron chi connectivity index (χ3n) is 7.29. The fourth-order valence-electron chi connectivity index (χ4n) is 5.16. The van der Waals surface area contributed by atoms with Crippen LogP contribution in [0.4, 0.5) is 10.7 Å². The van der Waals surface area contributed by atoms with Gasteiger partial charge in [-0.25, -0.2) is 4.79 Å². The lowest BCUT2D eigenvalue weighted by atomic mass is 9.98. The van der Waals surface area contributed by atoms with Crippen LogP contribution < -0.4 is 10.6 Å². The van der Waals surface area contributed by atoms with E-state index in [0.717, 1.165) is 21.6 Å². The average molecular weight is 640 g/mol. The highest BCUT2D eigenvalue weighted by Crippen LogP contribution is 2.40. The zero-order valence-corrected chi connectivity index (χ0v) is 25.8. The summed E-state index contributed by atoms with van der Waals surface area (Å²) in [5.41, 5.74) is 3.62. The lowest BCUT2D eigenvalue weighted by molar-refractivity contribution is -0.115. The fraction of sp³-hybridized carbons (Fsp3) is 0.0270. The van der Waals surface area contributed by atoms with E-state index < -0.39 is 17.1 Å². The number of amides is 2. The molecular weight excluding hydrogens is 615 g/mol. The topological polar surface area (TPSA) is 119 Å². The van der Waals surface area contributed by atoms with Crippen LogP contribution >= 0.6 is 23.1 Å². The summed E-state index contributed by atoms with van der Waals surface area (Å²) in [4.78, 5) is 39.9. The molecule has 1 unspecified atom stereocenters. The zero-order chi connectivity index (χ0) is 32.0. The molecule has 0 saturated carbocycles. The summed E-state index contributed by atoms with van der Waals surface area (Å²) in [5, 5.41) is 28.3. The number of carbonyl (C=O) groups excluding carboxylic acids is 2. The number of nitriles is 1. The molecule has 1 atom stereocenters. The van der Waals surface area contributed by atoms with E-state index in [2.05, 4.69) is 16.7 Å². The minimum absolute atomic E-state index is 0.0467. The highest BCUT2D eigenvalue weighted by molar-refractivity contribution is 8.00. The molecule has 0 fully saturated rings. The molecule has 2 amide bonds. The first kappa shape index (κ1) is 30.3. The Labute approximate surface area is 273 Å². The van der Waals surface area contributed by atoms with E-state index in [0.29, 0.717) is 27.0 Å². The molecule has 224 valence electrons. The summed E-state index contributed by atoms with van der Waals surface area (Å²) < 4.78 is 0. The van der Waals surface area contributed by atoms with Gasteiger partial charge in [-0.3, -0.25) is 9.59 Å². The molecule has 0 aliphatic carbocycles. The van der Waals surface area contributed by atoms with Gasteiger partial charge in [0.05, 0.1) is 11.1 Å². The van der Waals surface area contributed by atoms with Crippen LogP contribution in [-0.4, -0.2) is 22.9 Å². The number of aromatic carboxylic acids is 1. The first-order valence-electron chi connectivity index (χ1n) is 14.2. The number of fused-ring (bicyclic) bond motifs is 1. The van der Waals surface area contributed by atoms with Crippen molar-refractivity contribution in [2.75, 3.05) is 10.6 Å². The largest absolute Gasteiger partial charge is 0.478 e. The summed E-state index contributed by atoms with van der Waals surface area (Å²) >= 11 is 2.62. The van der Waals surface area contributed by atoms with Crippen LogP contribution in [0.2, 0.25) is 0 Å². The maximum Gasteiger partial charge on any atom is 0.336 e. The van der Waals surface area contributed by atoms with E-state index in [1.54, 1.807) is 48.5 Å². The maximum absolute atomic E-state index is 13.8. The van der Waals surface area contributed by atoms with Gasteiger partial charge in [0.25, 0.3) is 5.91 Å². The average Bonchev–Trinajstić information content (AvgIpc) is 3.49. The molecule has 5 aromatic carbocycles. The Morgan fingerprint density at radius 2 is 1.46 bits per heavy atom. The molecule has 9 heteroatoms. The summed E-state index contributed by atoms with van der Waals surface area (Å²) in [7, 11) is 0. The predicted molar refractivity (Wildman–Crippen MR) is 183 cm³/mol. The van der Waals surface area contributed by atoms with Crippen molar-refractivity contribution in [1.29, 1.82) is 5.26 Å². The van der Waals surface area contributed by atoms with Gasteiger partial charge in [-0.05, 0) is 46.8 Å². The standard InChI is InChI=1S/C37H25N3O4S2/c38-21-30-31(23-10-3-1-4-11-23)22-45-36(30)40-35(42)33(25-12-5-2-6-13-25)46-27-17-9-16-26(20-27)39-34(41)28-18-7-14-24-15-8-19-29(32(24)28)37(43)44/h1-20,22,33H,(H,39,41)(H,40,42)(H,43,44). The number of nitrogens with one attached hydrogen (secondary N) is 2. The fourth-order valence-corrected chi connectivity index (χ4v) is 7.17. The number of anilines is 2. The minimum Gasteiger partial charge on any atom is -0.478 e. The Bertz CT molecular complexity index is 2120. The highest BCUT2D eigenvalue weighted by atomic mass is 32.2. The molecule has 1 heterocycles. The number of carbonyl (C=O) groups is 3. The Morgan fingerprint density at radius 3 is 2.15 bits per heavy atom. The summed E-state index contributed by atoms with van der Waals surface area (Å²) in [6, 6.07) is 38.3. The molecule has 6 aromatic rings. The Kier molecular flexibility index (Phi) is 8.92. The van der Waals surface area contributed by atoms with Crippen LogP contribution in [-0.2, 0) is 4.79 Å². The number of carboxylic acids is 1. The number of hydrogen-bond donors (Lipinski definition) is 3. The molecule has 0 aliphatic rings. The summed E-state index contributed by atoms with van der Waals surface area (Å²) in [6.07, 6.45) is 0. The summed E-state index contributed by atoms with van der Waals surface area (Å²) in [6.45, 7) is 0. The molecule has 7 nitrogen and oxygen atoms in total. The van der Waals surface area contributed by atoms with Crippen molar-refractivity contribution in [3.8, 4) is 17.2 Å². The summed E-state index contributed by atoms with van der Waals surface area (Å²) in [5.74, 6) is -1.86. The van der Waals surface area contributed by atoms with Crippen molar-refractivity contribution in [3.05, 3.63) is 149 Å². The number of rotatable bonds is 9. The second kappa shape index (κ2) is 13.5. The van der Waals surface area contributed by atoms with Crippen molar-refractivity contribution < 1.29 is 19.5 Å². The van der Waals surface area contributed by atoms with E-state index >= 15 is 0 Å². The third-order valence-corrected chi connectivity index (χ3v) is 9.43. The van der Waals surface area contributed by atoms with Gasteiger partial charge in [0.15, 0.2) is 0 Å². The van der Waals surface area contributed by atoms with Crippen molar-refractivity contribution in [2.45, 2.75) is 10.1 Å². The number of carboxylic acid groups (broad SMARTS) is 1. The number of hydrogen-bond acceptors (Lipinski definition) is 6. The van der Waals surface area contributed by atoms with Gasteiger partial charge in [-0.15, -0.1) is 23.1 Å². The van der Waals surface area contributed by atoms with Crippen LogP contribution in [0.3, 0.4) is 0 Å². The molecule has 0 radical (unpaired) electrons. The minimum atomic E-state index is -1.12. The van der Waals surface area contributed by atoms with Crippen LogP contribution in [0, 0.1) is 11.3 Å². The van der Waals surface area contributed by atoms with Crippen molar-refractivity contribution in [1.82, 2.24) is 0 Å². The van der Waals surface area contributed by atoms with Gasteiger partial charge in [0.1, 0.15) is 16.3 Å². The van der Waals surface area contributed by atoms with E-state index in [1.807, 2.05) is 72.1 Å². The molecule has 0 bridgehead atoms. The van der Waals surface area contributed by atoms with E-state index in [1.165, 1.54) is 29.2 Å². The predicted octanol–water partition coefficient (Wildman–Crippen LogP) is 8.86. The van der Waals surface area contributed by atoms with Gasteiger partial charge in [0.2, 0.25) is 5.91 Å². The second-order valence-corrected chi connectivity index (χ2v) is 12.3. The molecule has 0 aliphatic heterocycles. The van der Waals surface area contributed by atoms with Crippen LogP contribution in [0.15, 0.2) is 132 Å². The Morgan fingerprint density at radius 1 is 0.783 bits per heavy atom. The zero-order valence-electron chi connectivity index (χ0n) is 24.1. The number of thiophene rings is 1. The monoisotopic (exact) mass is 639 g/mol. The SMILES string of the molecule is N#Cc1c(-c2ccccc2)csc1NC(=O)C(Sc1cccc(NC(=O)c2cccc3cccc(C(=O)O)c23)c1)c1ccccc1. The molecule has 3 N–H and O–H groups in total. The van der Waals surface area contributed by atoms with Gasteiger partial charge >= 0.3 is 5.97 Å². The molecule has 6 rings (SSSR count). The van der Waals surface area contributed by atoms with E-state index in [9.17, 15) is 24.8 Å².